The van der Waals surface area contributed by atoms with Crippen LogP contribution in [0.5, 0.6) is 0 Å². The Balaban J connectivity index is 0.000000180. The summed E-state index contributed by atoms with van der Waals surface area (Å²) < 4.78 is 0. The molecule has 0 aliphatic carbocycles. The monoisotopic (exact) mass is 283 g/mol. The highest BCUT2D eigenvalue weighted by molar-refractivity contribution is 7.12. The maximum atomic E-state index is 10.6. The molecule has 18 heavy (non-hydrogen) atoms. The van der Waals surface area contributed by atoms with Gasteiger partial charge in [0.05, 0.1) is 9.75 Å². The van der Waals surface area contributed by atoms with Crippen LogP contribution < -0.4 is 17.2 Å². The van der Waals surface area contributed by atoms with Crippen LogP contribution in [0.15, 0.2) is 22.9 Å². The molecule has 0 fully saturated rings. The quantitative estimate of drug-likeness (QED) is 0.731. The summed E-state index contributed by atoms with van der Waals surface area (Å²) in [5.74, 6) is -0.339. The third-order valence-electron chi connectivity index (χ3n) is 1.83. The molecule has 2 rings (SSSR count). The molecule has 6 N–H and O–H groups in total. The third kappa shape index (κ3) is 4.19. The summed E-state index contributed by atoms with van der Waals surface area (Å²) in [6.45, 7) is 1.53. The number of ketones is 1. The number of amides is 1. The van der Waals surface area contributed by atoms with Crippen LogP contribution in [-0.4, -0.2) is 11.7 Å². The topological polar surface area (TPSA) is 112 Å². The van der Waals surface area contributed by atoms with E-state index >= 15 is 0 Å². The van der Waals surface area contributed by atoms with Crippen LogP contribution >= 0.6 is 22.7 Å². The van der Waals surface area contributed by atoms with Gasteiger partial charge in [0.15, 0.2) is 5.78 Å². The molecule has 2 heterocycles. The summed E-state index contributed by atoms with van der Waals surface area (Å²) >= 11 is 2.64. The van der Waals surface area contributed by atoms with Crippen LogP contribution in [0.4, 0.5) is 11.4 Å². The summed E-state index contributed by atoms with van der Waals surface area (Å²) in [6.07, 6.45) is 0. The number of anilines is 2. The summed E-state index contributed by atoms with van der Waals surface area (Å²) in [7, 11) is 0. The van der Waals surface area contributed by atoms with Gasteiger partial charge in [-0.2, -0.15) is 0 Å². The van der Waals surface area contributed by atoms with Crippen LogP contribution in [-0.2, 0) is 0 Å². The number of carbonyl (C=O) groups excluding carboxylic acids is 2. The summed E-state index contributed by atoms with van der Waals surface area (Å²) in [6, 6.07) is 3.25. The van der Waals surface area contributed by atoms with Crippen LogP contribution in [0.2, 0.25) is 0 Å². The smallest absolute Gasteiger partial charge is 0.258 e. The molecule has 0 bridgehead atoms. The Kier molecular flexibility index (Phi) is 4.87. The van der Waals surface area contributed by atoms with Gasteiger partial charge in [-0.1, -0.05) is 0 Å². The van der Waals surface area contributed by atoms with Crippen LogP contribution in [0.25, 0.3) is 0 Å². The van der Waals surface area contributed by atoms with E-state index in [1.165, 1.54) is 29.6 Å². The second-order valence-electron chi connectivity index (χ2n) is 3.41. The van der Waals surface area contributed by atoms with Gasteiger partial charge in [-0.05, 0) is 19.1 Å². The average molecular weight is 283 g/mol. The van der Waals surface area contributed by atoms with E-state index < -0.39 is 5.91 Å². The fourth-order valence-corrected chi connectivity index (χ4v) is 2.37. The minimum absolute atomic E-state index is 0.0803. The molecule has 0 spiro atoms. The fourth-order valence-electron chi connectivity index (χ4n) is 1.02. The molecule has 2 aromatic rings. The van der Waals surface area contributed by atoms with Gasteiger partial charge in [-0.15, -0.1) is 22.7 Å². The molecule has 0 saturated heterocycles. The van der Waals surface area contributed by atoms with Crippen molar-refractivity contribution in [2.45, 2.75) is 6.92 Å². The average Bonchev–Trinajstić information content (AvgIpc) is 2.88. The van der Waals surface area contributed by atoms with Gasteiger partial charge in [-0.25, -0.2) is 0 Å². The number of primary amides is 1. The van der Waals surface area contributed by atoms with E-state index in [9.17, 15) is 9.59 Å². The Bertz CT molecular complexity index is 510. The molecule has 0 radical (unpaired) electrons. The standard InChI is InChI=1S/C6H7NOS.C5H6N2OS/c1-4(8)6-2-5(7)3-9-6;6-3-1-4(5(7)8)9-2-3/h2-3H,7H2,1H3;1-2H,6H2,(H2,7,8). The highest BCUT2D eigenvalue weighted by Gasteiger charge is 2.01. The summed E-state index contributed by atoms with van der Waals surface area (Å²) in [4.78, 5) is 22.2. The van der Waals surface area contributed by atoms with Crippen molar-refractivity contribution in [1.82, 2.24) is 0 Å². The van der Waals surface area contributed by atoms with Gasteiger partial charge in [0.25, 0.3) is 5.91 Å². The fraction of sp³-hybridized carbons (Fsp3) is 0.0909. The number of rotatable bonds is 2. The molecule has 5 nitrogen and oxygen atoms in total. The molecule has 0 saturated carbocycles. The molecule has 0 aromatic carbocycles. The predicted octanol–water partition coefficient (Wildman–Crippen LogP) is 1.96. The van der Waals surface area contributed by atoms with E-state index in [2.05, 4.69) is 0 Å². The summed E-state index contributed by atoms with van der Waals surface area (Å²) in [5, 5.41) is 3.44. The normalized spacial score (nSPS) is 9.39. The van der Waals surface area contributed by atoms with E-state index in [-0.39, 0.29) is 5.78 Å². The van der Waals surface area contributed by atoms with Gasteiger partial charge in [0.2, 0.25) is 0 Å². The first kappa shape index (κ1) is 14.2. The second-order valence-corrected chi connectivity index (χ2v) is 5.23. The Morgan fingerprint density at radius 1 is 1.00 bits per heavy atom. The first-order valence-electron chi connectivity index (χ1n) is 4.89. The number of thiophene rings is 2. The van der Waals surface area contributed by atoms with E-state index in [1.807, 2.05) is 0 Å². The molecule has 2 aromatic heterocycles. The minimum Gasteiger partial charge on any atom is -0.398 e. The Morgan fingerprint density at radius 2 is 1.44 bits per heavy atom. The van der Waals surface area contributed by atoms with E-state index in [0.717, 1.165) is 4.88 Å². The van der Waals surface area contributed by atoms with E-state index in [4.69, 9.17) is 17.2 Å². The SMILES string of the molecule is CC(=O)c1cc(N)cs1.NC(=O)c1cc(N)cs1. The van der Waals surface area contributed by atoms with Gasteiger partial charge < -0.3 is 17.2 Å². The molecule has 7 heteroatoms. The van der Waals surface area contributed by atoms with Crippen molar-refractivity contribution in [3.63, 3.8) is 0 Å². The van der Waals surface area contributed by atoms with Crippen molar-refractivity contribution in [3.05, 3.63) is 32.6 Å². The van der Waals surface area contributed by atoms with Gasteiger partial charge in [-0.3, -0.25) is 9.59 Å². The molecule has 0 aliphatic heterocycles. The van der Waals surface area contributed by atoms with Crippen molar-refractivity contribution in [1.29, 1.82) is 0 Å². The lowest BCUT2D eigenvalue weighted by atomic mass is 10.3. The Labute approximate surface area is 112 Å². The van der Waals surface area contributed by atoms with Gasteiger partial charge in [0.1, 0.15) is 0 Å². The lowest BCUT2D eigenvalue weighted by molar-refractivity contribution is 0.1000. The molecular formula is C11H13N3O2S2. The number of nitrogen functional groups attached to an aromatic ring is 2. The van der Waals surface area contributed by atoms with Crippen LogP contribution in [0.3, 0.4) is 0 Å². The van der Waals surface area contributed by atoms with Gasteiger partial charge in [0, 0.05) is 22.1 Å². The maximum Gasteiger partial charge on any atom is 0.258 e. The lowest BCUT2D eigenvalue weighted by Gasteiger charge is -1.81. The zero-order chi connectivity index (χ0) is 13.7. The maximum absolute atomic E-state index is 10.6. The Hall–Kier alpha value is -1.86. The molecule has 1 amide bonds. The minimum atomic E-state index is -0.420. The van der Waals surface area contributed by atoms with Crippen molar-refractivity contribution in [2.24, 2.45) is 5.73 Å². The number of nitrogens with two attached hydrogens (primary N) is 3. The largest absolute Gasteiger partial charge is 0.398 e. The van der Waals surface area contributed by atoms with E-state index in [1.54, 1.807) is 22.9 Å². The third-order valence-corrected chi connectivity index (χ3v) is 3.84. The highest BCUT2D eigenvalue weighted by atomic mass is 32.1. The molecular weight excluding hydrogens is 270 g/mol. The number of carbonyl (C=O) groups is 2. The number of hydrogen-bond donors (Lipinski definition) is 3. The first-order valence-corrected chi connectivity index (χ1v) is 6.65. The molecule has 0 atom stereocenters. The van der Waals surface area contributed by atoms with Crippen molar-refractivity contribution >= 4 is 45.7 Å². The molecule has 96 valence electrons. The van der Waals surface area contributed by atoms with Crippen molar-refractivity contribution in [3.8, 4) is 0 Å². The van der Waals surface area contributed by atoms with Crippen molar-refractivity contribution in [2.75, 3.05) is 11.5 Å². The zero-order valence-electron chi connectivity index (χ0n) is 9.67. The highest BCUT2D eigenvalue weighted by Crippen LogP contribution is 2.16. The lowest BCUT2D eigenvalue weighted by Crippen LogP contribution is -2.08. The molecule has 0 aliphatic rings. The van der Waals surface area contributed by atoms with Crippen molar-refractivity contribution < 1.29 is 9.59 Å². The molecule has 0 unspecified atom stereocenters. The second kappa shape index (κ2) is 6.18. The van der Waals surface area contributed by atoms with Crippen LogP contribution in [0, 0.1) is 0 Å². The number of hydrogen-bond acceptors (Lipinski definition) is 6. The van der Waals surface area contributed by atoms with Crippen LogP contribution in [0.1, 0.15) is 26.3 Å². The zero-order valence-corrected chi connectivity index (χ0v) is 11.3. The predicted molar refractivity (Wildman–Crippen MR) is 76.0 cm³/mol. The Morgan fingerprint density at radius 3 is 1.61 bits per heavy atom. The first-order chi connectivity index (χ1) is 8.40. The number of Topliss-reactive ketones (excluding diaryl/α,β-unsaturated/α-hetero) is 1. The van der Waals surface area contributed by atoms with E-state index in [0.29, 0.717) is 16.3 Å². The van der Waals surface area contributed by atoms with Gasteiger partial charge >= 0.3 is 0 Å². The summed E-state index contributed by atoms with van der Waals surface area (Å²) in [5.41, 5.74) is 16.9.